The molecule has 3 N–H and O–H groups in total. The molecule has 4 rings (SSSR count). The lowest BCUT2D eigenvalue weighted by atomic mass is 10.1. The standard InChI is InChI=1S/C18H13F2N5OS/c19-12-3-1-10(2-4-12)7-22-17(26)15-5-11(9-27-15)13-8-25-16(6-14(13)20)23-18(21)24-25/h1-6,8-9H,7H2,(H2,21,24)(H,22,26). The Bertz CT molecular complexity index is 1140. The molecule has 0 atom stereocenters. The summed E-state index contributed by atoms with van der Waals surface area (Å²) in [5.74, 6) is -1.05. The molecule has 0 aliphatic carbocycles. The quantitative estimate of drug-likeness (QED) is 0.565. The zero-order chi connectivity index (χ0) is 19.0. The number of nitrogens with zero attached hydrogens (tertiary/aromatic N) is 3. The number of anilines is 1. The lowest BCUT2D eigenvalue weighted by Gasteiger charge is -2.04. The number of amides is 1. The molecule has 0 aliphatic rings. The SMILES string of the molecule is Nc1nc2cc(F)c(-c3csc(C(=O)NCc4ccc(F)cc4)c3)cn2n1. The van der Waals surface area contributed by atoms with Crippen LogP contribution in [0, 0.1) is 11.6 Å². The third-order valence-electron chi connectivity index (χ3n) is 3.94. The average Bonchev–Trinajstić information content (AvgIpc) is 3.26. The van der Waals surface area contributed by atoms with Gasteiger partial charge in [0.15, 0.2) is 5.65 Å². The molecule has 0 bridgehead atoms. The van der Waals surface area contributed by atoms with E-state index in [1.54, 1.807) is 23.6 Å². The summed E-state index contributed by atoms with van der Waals surface area (Å²) in [6.45, 7) is 0.269. The number of thiophene rings is 1. The Kier molecular flexibility index (Phi) is 4.28. The fraction of sp³-hybridized carbons (Fsp3) is 0.0556. The monoisotopic (exact) mass is 385 g/mol. The van der Waals surface area contributed by atoms with Gasteiger partial charge in [0.05, 0.1) is 4.88 Å². The van der Waals surface area contributed by atoms with E-state index in [1.807, 2.05) is 0 Å². The number of aromatic nitrogens is 3. The summed E-state index contributed by atoms with van der Waals surface area (Å²) < 4.78 is 28.7. The van der Waals surface area contributed by atoms with Gasteiger partial charge >= 0.3 is 0 Å². The van der Waals surface area contributed by atoms with Crippen molar-refractivity contribution >= 4 is 28.8 Å². The maximum Gasteiger partial charge on any atom is 0.261 e. The molecule has 6 nitrogen and oxygen atoms in total. The second kappa shape index (κ2) is 6.76. The first-order chi connectivity index (χ1) is 13.0. The normalized spacial score (nSPS) is 11.0. The topological polar surface area (TPSA) is 85.3 Å². The van der Waals surface area contributed by atoms with Crippen LogP contribution in [0.15, 0.2) is 48.0 Å². The van der Waals surface area contributed by atoms with Gasteiger partial charge in [0, 0.05) is 24.4 Å². The largest absolute Gasteiger partial charge is 0.366 e. The van der Waals surface area contributed by atoms with Crippen LogP contribution in [-0.4, -0.2) is 20.5 Å². The summed E-state index contributed by atoms with van der Waals surface area (Å²) in [6.07, 6.45) is 1.48. The Hall–Kier alpha value is -3.33. The highest BCUT2D eigenvalue weighted by Gasteiger charge is 2.14. The molecule has 3 heterocycles. The zero-order valence-electron chi connectivity index (χ0n) is 13.8. The second-order valence-corrected chi connectivity index (χ2v) is 6.73. The van der Waals surface area contributed by atoms with Crippen molar-refractivity contribution in [1.29, 1.82) is 0 Å². The van der Waals surface area contributed by atoms with Crippen molar-refractivity contribution in [3.63, 3.8) is 0 Å². The molecule has 0 fully saturated rings. The van der Waals surface area contributed by atoms with E-state index >= 15 is 0 Å². The lowest BCUT2D eigenvalue weighted by molar-refractivity contribution is 0.0955. The highest BCUT2D eigenvalue weighted by Crippen LogP contribution is 2.28. The first-order valence-corrected chi connectivity index (χ1v) is 8.80. The Morgan fingerprint density at radius 2 is 2.00 bits per heavy atom. The van der Waals surface area contributed by atoms with Gasteiger partial charge in [0.25, 0.3) is 5.91 Å². The van der Waals surface area contributed by atoms with Crippen molar-refractivity contribution in [2.24, 2.45) is 0 Å². The van der Waals surface area contributed by atoms with Crippen LogP contribution in [0.2, 0.25) is 0 Å². The predicted molar refractivity (Wildman–Crippen MR) is 98.2 cm³/mol. The first-order valence-electron chi connectivity index (χ1n) is 7.92. The van der Waals surface area contributed by atoms with E-state index in [9.17, 15) is 13.6 Å². The molecule has 0 aliphatic heterocycles. The Morgan fingerprint density at radius 1 is 1.22 bits per heavy atom. The van der Waals surface area contributed by atoms with Crippen molar-refractivity contribution < 1.29 is 13.6 Å². The van der Waals surface area contributed by atoms with Crippen molar-refractivity contribution in [3.05, 3.63) is 70.1 Å². The number of fused-ring (bicyclic) bond motifs is 1. The van der Waals surface area contributed by atoms with Crippen molar-refractivity contribution in [1.82, 2.24) is 19.9 Å². The number of carbonyl (C=O) groups is 1. The summed E-state index contributed by atoms with van der Waals surface area (Å²) in [5.41, 5.74) is 7.46. The molecule has 3 aromatic heterocycles. The summed E-state index contributed by atoms with van der Waals surface area (Å²) in [4.78, 5) is 16.7. The number of halogens is 2. The van der Waals surface area contributed by atoms with Crippen molar-refractivity contribution in [2.45, 2.75) is 6.54 Å². The van der Waals surface area contributed by atoms with Crippen LogP contribution >= 0.6 is 11.3 Å². The van der Waals surface area contributed by atoms with Gasteiger partial charge in [-0.15, -0.1) is 16.4 Å². The molecule has 9 heteroatoms. The van der Waals surface area contributed by atoms with Gasteiger partial charge in [0.2, 0.25) is 5.95 Å². The van der Waals surface area contributed by atoms with E-state index in [-0.39, 0.29) is 24.2 Å². The summed E-state index contributed by atoms with van der Waals surface area (Å²) in [5, 5.41) is 8.42. The third-order valence-corrected chi connectivity index (χ3v) is 4.87. The fourth-order valence-electron chi connectivity index (χ4n) is 2.60. The molecule has 1 amide bonds. The molecule has 136 valence electrons. The Labute approximate surface area is 156 Å². The minimum atomic E-state index is -0.481. The second-order valence-electron chi connectivity index (χ2n) is 5.82. The van der Waals surface area contributed by atoms with Crippen molar-refractivity contribution in [3.8, 4) is 11.1 Å². The Morgan fingerprint density at radius 3 is 2.78 bits per heavy atom. The maximum absolute atomic E-state index is 14.4. The fourth-order valence-corrected chi connectivity index (χ4v) is 3.42. The van der Waals surface area contributed by atoms with E-state index in [4.69, 9.17) is 5.73 Å². The highest BCUT2D eigenvalue weighted by molar-refractivity contribution is 7.12. The molecule has 0 saturated carbocycles. The number of hydrogen-bond donors (Lipinski definition) is 2. The molecule has 0 saturated heterocycles. The van der Waals surface area contributed by atoms with Crippen LogP contribution in [-0.2, 0) is 6.54 Å². The number of pyridine rings is 1. The number of nitrogen functional groups attached to an aromatic ring is 1. The average molecular weight is 385 g/mol. The molecule has 0 unspecified atom stereocenters. The number of rotatable bonds is 4. The van der Waals surface area contributed by atoms with Crippen LogP contribution in [0.3, 0.4) is 0 Å². The van der Waals surface area contributed by atoms with Crippen LogP contribution in [0.1, 0.15) is 15.2 Å². The van der Waals surface area contributed by atoms with E-state index in [1.165, 1.54) is 40.2 Å². The van der Waals surface area contributed by atoms with Gasteiger partial charge in [-0.3, -0.25) is 4.79 Å². The predicted octanol–water partition coefficient (Wildman–Crippen LogP) is 3.25. The van der Waals surface area contributed by atoms with Crippen LogP contribution in [0.5, 0.6) is 0 Å². The molecular weight excluding hydrogens is 372 g/mol. The number of carbonyl (C=O) groups excluding carboxylic acids is 1. The van der Waals surface area contributed by atoms with Gasteiger partial charge in [-0.2, -0.15) is 4.98 Å². The summed E-state index contributed by atoms with van der Waals surface area (Å²) in [7, 11) is 0. The molecule has 0 spiro atoms. The van der Waals surface area contributed by atoms with Crippen molar-refractivity contribution in [2.75, 3.05) is 5.73 Å². The third kappa shape index (κ3) is 3.49. The van der Waals surface area contributed by atoms with Gasteiger partial charge in [-0.05, 0) is 34.7 Å². The van der Waals surface area contributed by atoms with E-state index in [0.29, 0.717) is 21.7 Å². The number of nitrogens with one attached hydrogen (secondary N) is 1. The molecule has 27 heavy (non-hydrogen) atoms. The molecule has 4 aromatic rings. The highest BCUT2D eigenvalue weighted by atomic mass is 32.1. The minimum absolute atomic E-state index is 0.0535. The lowest BCUT2D eigenvalue weighted by Crippen LogP contribution is -2.21. The molecule has 0 radical (unpaired) electrons. The van der Waals surface area contributed by atoms with Crippen LogP contribution < -0.4 is 11.1 Å². The smallest absolute Gasteiger partial charge is 0.261 e. The summed E-state index contributed by atoms with van der Waals surface area (Å²) in [6, 6.07) is 8.72. The van der Waals surface area contributed by atoms with Gasteiger partial charge < -0.3 is 11.1 Å². The maximum atomic E-state index is 14.4. The molecule has 1 aromatic carbocycles. The number of hydrogen-bond acceptors (Lipinski definition) is 5. The zero-order valence-corrected chi connectivity index (χ0v) is 14.6. The van der Waals surface area contributed by atoms with Crippen LogP contribution in [0.4, 0.5) is 14.7 Å². The summed E-state index contributed by atoms with van der Waals surface area (Å²) >= 11 is 1.20. The van der Waals surface area contributed by atoms with Gasteiger partial charge in [-0.1, -0.05) is 12.1 Å². The minimum Gasteiger partial charge on any atom is -0.366 e. The molecular formula is C18H13F2N5OS. The van der Waals surface area contributed by atoms with E-state index in [0.717, 1.165) is 5.56 Å². The van der Waals surface area contributed by atoms with E-state index < -0.39 is 5.82 Å². The van der Waals surface area contributed by atoms with E-state index in [2.05, 4.69) is 15.4 Å². The number of nitrogens with two attached hydrogens (primary N) is 1. The van der Waals surface area contributed by atoms with Gasteiger partial charge in [-0.25, -0.2) is 13.3 Å². The van der Waals surface area contributed by atoms with Gasteiger partial charge in [0.1, 0.15) is 11.6 Å². The first kappa shape index (κ1) is 17.1. The Balaban J connectivity index is 1.53. The number of benzene rings is 1. The van der Waals surface area contributed by atoms with Crippen LogP contribution in [0.25, 0.3) is 16.8 Å².